The normalized spacial score (nSPS) is 19.5. The van der Waals surface area contributed by atoms with Crippen LogP contribution in [0.15, 0.2) is 30.3 Å². The molecule has 118 valence electrons. The number of piperazine rings is 1. The average molecular weight is 311 g/mol. The van der Waals surface area contributed by atoms with Crippen LogP contribution in [0.2, 0.25) is 0 Å². The Labute approximate surface area is 127 Å². The van der Waals surface area contributed by atoms with Crippen molar-refractivity contribution >= 4 is 10.0 Å². The van der Waals surface area contributed by atoms with Crippen LogP contribution in [-0.2, 0) is 15.8 Å². The summed E-state index contributed by atoms with van der Waals surface area (Å²) in [5.41, 5.74) is 6.48. The SMILES string of the molecule is CC(CN)CN1CCN(S(=O)(=O)Cc2ccccc2)CC1. The Morgan fingerprint density at radius 2 is 1.76 bits per heavy atom. The van der Waals surface area contributed by atoms with Crippen molar-refractivity contribution in [3.8, 4) is 0 Å². The Bertz CT molecular complexity index is 525. The van der Waals surface area contributed by atoms with Crippen molar-refractivity contribution in [2.45, 2.75) is 12.7 Å². The second-order valence-corrected chi connectivity index (χ2v) is 7.75. The van der Waals surface area contributed by atoms with E-state index in [1.807, 2.05) is 30.3 Å². The molecule has 1 aliphatic rings. The van der Waals surface area contributed by atoms with Crippen molar-refractivity contribution in [2.75, 3.05) is 39.3 Å². The zero-order chi connectivity index (χ0) is 15.3. The molecule has 0 amide bonds. The molecule has 0 aliphatic carbocycles. The topological polar surface area (TPSA) is 66.6 Å². The minimum Gasteiger partial charge on any atom is -0.330 e. The number of nitrogens with two attached hydrogens (primary N) is 1. The lowest BCUT2D eigenvalue weighted by molar-refractivity contribution is 0.170. The van der Waals surface area contributed by atoms with Gasteiger partial charge < -0.3 is 10.6 Å². The molecule has 1 heterocycles. The molecule has 1 fully saturated rings. The fourth-order valence-electron chi connectivity index (χ4n) is 2.58. The standard InChI is InChI=1S/C15H25N3O2S/c1-14(11-16)12-17-7-9-18(10-8-17)21(19,20)13-15-5-3-2-4-6-15/h2-6,14H,7-13,16H2,1H3. The van der Waals surface area contributed by atoms with Gasteiger partial charge in [-0.05, 0) is 18.0 Å². The van der Waals surface area contributed by atoms with Crippen LogP contribution in [0.3, 0.4) is 0 Å². The van der Waals surface area contributed by atoms with Crippen LogP contribution < -0.4 is 5.73 Å². The first-order valence-electron chi connectivity index (χ1n) is 7.45. The van der Waals surface area contributed by atoms with E-state index in [1.54, 1.807) is 4.31 Å². The van der Waals surface area contributed by atoms with Crippen molar-refractivity contribution in [3.05, 3.63) is 35.9 Å². The molecule has 5 nitrogen and oxygen atoms in total. The number of benzene rings is 1. The van der Waals surface area contributed by atoms with Gasteiger partial charge in [-0.1, -0.05) is 37.3 Å². The molecule has 0 spiro atoms. The Morgan fingerprint density at radius 1 is 1.14 bits per heavy atom. The quantitative estimate of drug-likeness (QED) is 0.841. The van der Waals surface area contributed by atoms with E-state index in [2.05, 4.69) is 11.8 Å². The minimum atomic E-state index is -3.21. The summed E-state index contributed by atoms with van der Waals surface area (Å²) in [5.74, 6) is 0.546. The molecule has 1 atom stereocenters. The summed E-state index contributed by atoms with van der Waals surface area (Å²) in [6.45, 7) is 6.48. The first-order chi connectivity index (χ1) is 10.0. The summed E-state index contributed by atoms with van der Waals surface area (Å²) in [6, 6.07) is 9.36. The molecule has 1 aromatic carbocycles. The van der Waals surface area contributed by atoms with Crippen LogP contribution in [0.5, 0.6) is 0 Å². The molecule has 1 unspecified atom stereocenters. The Morgan fingerprint density at radius 3 is 2.33 bits per heavy atom. The number of sulfonamides is 1. The molecule has 2 N–H and O–H groups in total. The van der Waals surface area contributed by atoms with Gasteiger partial charge in [0.25, 0.3) is 0 Å². The van der Waals surface area contributed by atoms with Crippen LogP contribution in [0.4, 0.5) is 0 Å². The fraction of sp³-hybridized carbons (Fsp3) is 0.600. The van der Waals surface area contributed by atoms with Gasteiger partial charge in [0, 0.05) is 32.7 Å². The van der Waals surface area contributed by atoms with E-state index in [4.69, 9.17) is 5.73 Å². The monoisotopic (exact) mass is 311 g/mol. The Kier molecular flexibility index (Phi) is 5.75. The Hall–Kier alpha value is -0.950. The first kappa shape index (κ1) is 16.4. The van der Waals surface area contributed by atoms with E-state index < -0.39 is 10.0 Å². The van der Waals surface area contributed by atoms with E-state index in [1.165, 1.54) is 0 Å². The molecule has 0 radical (unpaired) electrons. The number of rotatable bonds is 6. The highest BCUT2D eigenvalue weighted by molar-refractivity contribution is 7.88. The zero-order valence-corrected chi connectivity index (χ0v) is 13.4. The highest BCUT2D eigenvalue weighted by Gasteiger charge is 2.27. The third-order valence-corrected chi connectivity index (χ3v) is 5.74. The minimum absolute atomic E-state index is 0.0903. The summed E-state index contributed by atoms with van der Waals surface area (Å²) in [7, 11) is -3.21. The molecule has 0 aromatic heterocycles. The van der Waals surface area contributed by atoms with Gasteiger partial charge in [-0.3, -0.25) is 0 Å². The maximum absolute atomic E-state index is 12.4. The molecule has 0 saturated carbocycles. The van der Waals surface area contributed by atoms with Gasteiger partial charge in [-0.2, -0.15) is 4.31 Å². The van der Waals surface area contributed by atoms with E-state index in [0.717, 1.165) is 25.2 Å². The lowest BCUT2D eigenvalue weighted by atomic mass is 10.1. The van der Waals surface area contributed by atoms with Crippen LogP contribution in [0, 0.1) is 5.92 Å². The smallest absolute Gasteiger partial charge is 0.218 e. The summed E-state index contributed by atoms with van der Waals surface area (Å²) >= 11 is 0. The maximum atomic E-state index is 12.4. The van der Waals surface area contributed by atoms with E-state index in [0.29, 0.717) is 25.6 Å². The number of hydrogen-bond donors (Lipinski definition) is 1. The average Bonchev–Trinajstić information content (AvgIpc) is 2.48. The van der Waals surface area contributed by atoms with Crippen LogP contribution in [0.25, 0.3) is 0 Å². The molecule has 1 aromatic rings. The van der Waals surface area contributed by atoms with Crippen LogP contribution in [-0.4, -0.2) is 56.9 Å². The summed E-state index contributed by atoms with van der Waals surface area (Å²) in [6.07, 6.45) is 0. The van der Waals surface area contributed by atoms with Gasteiger partial charge >= 0.3 is 0 Å². The Balaban J connectivity index is 1.89. The van der Waals surface area contributed by atoms with Crippen LogP contribution >= 0.6 is 0 Å². The highest BCUT2D eigenvalue weighted by Crippen LogP contribution is 2.14. The summed E-state index contributed by atoms with van der Waals surface area (Å²) in [4.78, 5) is 2.30. The zero-order valence-electron chi connectivity index (χ0n) is 12.6. The fourth-order valence-corrected chi connectivity index (χ4v) is 4.10. The van der Waals surface area contributed by atoms with E-state index in [-0.39, 0.29) is 5.75 Å². The van der Waals surface area contributed by atoms with Crippen molar-refractivity contribution in [2.24, 2.45) is 11.7 Å². The third-order valence-electron chi connectivity index (χ3n) is 3.89. The van der Waals surface area contributed by atoms with E-state index in [9.17, 15) is 8.42 Å². The van der Waals surface area contributed by atoms with Gasteiger partial charge in [0.1, 0.15) is 0 Å². The molecule has 6 heteroatoms. The molecule has 0 bridgehead atoms. The first-order valence-corrected chi connectivity index (χ1v) is 9.06. The third kappa shape index (κ3) is 4.78. The maximum Gasteiger partial charge on any atom is 0.218 e. The molecular formula is C15H25N3O2S. The van der Waals surface area contributed by atoms with Gasteiger partial charge in [-0.25, -0.2) is 8.42 Å². The summed E-state index contributed by atoms with van der Waals surface area (Å²) < 4.78 is 26.5. The van der Waals surface area contributed by atoms with Crippen molar-refractivity contribution in [1.29, 1.82) is 0 Å². The predicted molar refractivity (Wildman–Crippen MR) is 85.3 cm³/mol. The molecule has 1 aliphatic heterocycles. The molecular weight excluding hydrogens is 286 g/mol. The molecule has 1 saturated heterocycles. The van der Waals surface area contributed by atoms with E-state index >= 15 is 0 Å². The number of nitrogens with zero attached hydrogens (tertiary/aromatic N) is 2. The summed E-state index contributed by atoms with van der Waals surface area (Å²) in [5, 5.41) is 0. The van der Waals surface area contributed by atoms with Gasteiger partial charge in [-0.15, -0.1) is 0 Å². The number of hydrogen-bond acceptors (Lipinski definition) is 4. The van der Waals surface area contributed by atoms with Crippen LogP contribution in [0.1, 0.15) is 12.5 Å². The molecule has 21 heavy (non-hydrogen) atoms. The van der Waals surface area contributed by atoms with Crippen molar-refractivity contribution in [3.63, 3.8) is 0 Å². The lowest BCUT2D eigenvalue weighted by Crippen LogP contribution is -2.50. The highest BCUT2D eigenvalue weighted by atomic mass is 32.2. The van der Waals surface area contributed by atoms with Crippen molar-refractivity contribution in [1.82, 2.24) is 9.21 Å². The van der Waals surface area contributed by atoms with Gasteiger partial charge in [0.15, 0.2) is 0 Å². The largest absolute Gasteiger partial charge is 0.330 e. The second-order valence-electron chi connectivity index (χ2n) is 5.78. The molecule has 2 rings (SSSR count). The van der Waals surface area contributed by atoms with Gasteiger partial charge in [0.05, 0.1) is 5.75 Å². The second kappa shape index (κ2) is 7.35. The van der Waals surface area contributed by atoms with Gasteiger partial charge in [0.2, 0.25) is 10.0 Å². The lowest BCUT2D eigenvalue weighted by Gasteiger charge is -2.35. The predicted octanol–water partition coefficient (Wildman–Crippen LogP) is 0.729. The van der Waals surface area contributed by atoms with Crippen molar-refractivity contribution < 1.29 is 8.42 Å².